The second-order valence-electron chi connectivity index (χ2n) is 3.68. The molecule has 0 saturated carbocycles. The van der Waals surface area contributed by atoms with E-state index in [2.05, 4.69) is 24.3 Å². The quantitative estimate of drug-likeness (QED) is 0.424. The Morgan fingerprint density at radius 2 is 2.00 bits per heavy atom. The predicted octanol–water partition coefficient (Wildman–Crippen LogP) is 3.60. The van der Waals surface area contributed by atoms with Gasteiger partial charge in [-0.05, 0) is 18.4 Å². The van der Waals surface area contributed by atoms with Crippen LogP contribution in [0.15, 0.2) is 48.6 Å². The Hall–Kier alpha value is -1.83. The van der Waals surface area contributed by atoms with E-state index >= 15 is 0 Å². The van der Waals surface area contributed by atoms with Gasteiger partial charge in [0.2, 0.25) is 0 Å². The standard InChI is InChI=1S/C15H18O2/c1-14(16)17-13-9-4-2-3-6-10-15-11-7-5-8-12-15/h2-3,5-8,10-12H,4,9,13H2,1H3. The van der Waals surface area contributed by atoms with E-state index in [0.29, 0.717) is 6.61 Å². The number of carbonyl (C=O) groups is 1. The van der Waals surface area contributed by atoms with Crippen LogP contribution in [-0.2, 0) is 9.53 Å². The summed E-state index contributed by atoms with van der Waals surface area (Å²) < 4.78 is 4.83. The number of carbonyl (C=O) groups excluding carboxylic acids is 1. The zero-order chi connectivity index (χ0) is 12.3. The van der Waals surface area contributed by atoms with Crippen LogP contribution in [0.3, 0.4) is 0 Å². The highest BCUT2D eigenvalue weighted by Crippen LogP contribution is 2.01. The van der Waals surface area contributed by atoms with Crippen molar-refractivity contribution in [2.45, 2.75) is 19.8 Å². The van der Waals surface area contributed by atoms with Gasteiger partial charge in [-0.15, -0.1) is 0 Å². The Labute approximate surface area is 103 Å². The van der Waals surface area contributed by atoms with Crippen molar-refractivity contribution >= 4 is 12.0 Å². The minimum absolute atomic E-state index is 0.210. The van der Waals surface area contributed by atoms with Crippen molar-refractivity contribution in [2.75, 3.05) is 6.61 Å². The normalized spacial score (nSPS) is 11.1. The first-order valence-electron chi connectivity index (χ1n) is 5.80. The lowest BCUT2D eigenvalue weighted by atomic mass is 10.2. The number of rotatable bonds is 6. The van der Waals surface area contributed by atoms with Crippen LogP contribution >= 0.6 is 0 Å². The average Bonchev–Trinajstić information content (AvgIpc) is 2.33. The number of benzene rings is 1. The molecule has 0 bridgehead atoms. The molecule has 0 heterocycles. The van der Waals surface area contributed by atoms with Crippen molar-refractivity contribution in [2.24, 2.45) is 0 Å². The average molecular weight is 230 g/mol. The van der Waals surface area contributed by atoms with Gasteiger partial charge in [0.25, 0.3) is 0 Å². The van der Waals surface area contributed by atoms with Crippen molar-refractivity contribution in [3.8, 4) is 0 Å². The van der Waals surface area contributed by atoms with Crippen LogP contribution in [0.4, 0.5) is 0 Å². The van der Waals surface area contributed by atoms with E-state index in [1.54, 1.807) is 0 Å². The van der Waals surface area contributed by atoms with Crippen LogP contribution in [0.25, 0.3) is 6.08 Å². The van der Waals surface area contributed by atoms with Crippen LogP contribution in [0, 0.1) is 0 Å². The SMILES string of the molecule is CC(=O)OCCCC=CC=Cc1ccccc1. The van der Waals surface area contributed by atoms with Gasteiger partial charge in [0.05, 0.1) is 6.61 Å². The van der Waals surface area contributed by atoms with Crippen LogP contribution in [0.5, 0.6) is 0 Å². The van der Waals surface area contributed by atoms with Crippen LogP contribution in [0.2, 0.25) is 0 Å². The molecule has 0 N–H and O–H groups in total. The first kappa shape index (κ1) is 13.2. The van der Waals surface area contributed by atoms with Gasteiger partial charge in [-0.25, -0.2) is 0 Å². The maximum atomic E-state index is 10.5. The maximum absolute atomic E-state index is 10.5. The van der Waals surface area contributed by atoms with Crippen molar-refractivity contribution in [3.05, 3.63) is 54.1 Å². The first-order chi connectivity index (χ1) is 8.29. The lowest BCUT2D eigenvalue weighted by molar-refractivity contribution is -0.141. The number of hydrogen-bond donors (Lipinski definition) is 0. The van der Waals surface area contributed by atoms with Gasteiger partial charge in [-0.2, -0.15) is 0 Å². The highest BCUT2D eigenvalue weighted by Gasteiger charge is 1.89. The van der Waals surface area contributed by atoms with Crippen molar-refractivity contribution in [1.82, 2.24) is 0 Å². The third-order valence-electron chi connectivity index (χ3n) is 2.16. The Bertz CT molecular complexity index is 377. The van der Waals surface area contributed by atoms with E-state index in [0.717, 1.165) is 12.8 Å². The summed E-state index contributed by atoms with van der Waals surface area (Å²) in [5.41, 5.74) is 1.19. The van der Waals surface area contributed by atoms with Crippen molar-refractivity contribution in [1.29, 1.82) is 0 Å². The number of unbranched alkanes of at least 4 members (excludes halogenated alkanes) is 1. The van der Waals surface area contributed by atoms with Gasteiger partial charge in [0.1, 0.15) is 0 Å². The first-order valence-corrected chi connectivity index (χ1v) is 5.80. The zero-order valence-electron chi connectivity index (χ0n) is 10.1. The number of allylic oxidation sites excluding steroid dienone is 3. The summed E-state index contributed by atoms with van der Waals surface area (Å²) in [5, 5.41) is 0. The molecule has 0 saturated heterocycles. The predicted molar refractivity (Wildman–Crippen MR) is 70.5 cm³/mol. The summed E-state index contributed by atoms with van der Waals surface area (Å²) in [5.74, 6) is -0.210. The third kappa shape index (κ3) is 7.12. The van der Waals surface area contributed by atoms with Gasteiger partial charge in [-0.3, -0.25) is 4.79 Å². The number of hydrogen-bond acceptors (Lipinski definition) is 2. The number of ether oxygens (including phenoxy) is 1. The molecule has 0 aliphatic heterocycles. The van der Waals surface area contributed by atoms with Gasteiger partial charge < -0.3 is 4.74 Å². The van der Waals surface area contributed by atoms with Gasteiger partial charge in [0.15, 0.2) is 0 Å². The van der Waals surface area contributed by atoms with Crippen LogP contribution in [0.1, 0.15) is 25.3 Å². The van der Waals surface area contributed by atoms with Gasteiger partial charge in [-0.1, -0.05) is 54.6 Å². The van der Waals surface area contributed by atoms with E-state index in [1.165, 1.54) is 12.5 Å². The summed E-state index contributed by atoms with van der Waals surface area (Å²) in [6.07, 6.45) is 9.95. The van der Waals surface area contributed by atoms with Crippen molar-refractivity contribution in [3.63, 3.8) is 0 Å². The summed E-state index contributed by atoms with van der Waals surface area (Å²) >= 11 is 0. The number of esters is 1. The Kier molecular flexibility index (Phi) is 6.49. The molecule has 1 aromatic carbocycles. The second kappa shape index (κ2) is 8.34. The summed E-state index contributed by atoms with van der Waals surface area (Å²) in [6, 6.07) is 10.2. The zero-order valence-corrected chi connectivity index (χ0v) is 10.1. The molecule has 1 rings (SSSR count). The molecule has 0 amide bonds. The third-order valence-corrected chi connectivity index (χ3v) is 2.16. The fourth-order valence-electron chi connectivity index (χ4n) is 1.32. The summed E-state index contributed by atoms with van der Waals surface area (Å²) in [6.45, 7) is 1.93. The highest BCUT2D eigenvalue weighted by atomic mass is 16.5. The molecule has 0 atom stereocenters. The molecule has 90 valence electrons. The minimum Gasteiger partial charge on any atom is -0.466 e. The molecule has 0 aliphatic carbocycles. The lowest BCUT2D eigenvalue weighted by Gasteiger charge is -1.97. The molecule has 0 aliphatic rings. The fourth-order valence-corrected chi connectivity index (χ4v) is 1.32. The maximum Gasteiger partial charge on any atom is 0.302 e. The molecule has 0 unspecified atom stereocenters. The van der Waals surface area contributed by atoms with E-state index in [-0.39, 0.29) is 5.97 Å². The van der Waals surface area contributed by atoms with Crippen LogP contribution in [-0.4, -0.2) is 12.6 Å². The summed E-state index contributed by atoms with van der Waals surface area (Å²) in [7, 11) is 0. The fraction of sp³-hybridized carbons (Fsp3) is 0.267. The van der Waals surface area contributed by atoms with E-state index in [9.17, 15) is 4.79 Å². The molecule has 0 aromatic heterocycles. The molecule has 2 heteroatoms. The van der Waals surface area contributed by atoms with E-state index in [4.69, 9.17) is 4.74 Å². The molecule has 0 spiro atoms. The molecular formula is C15H18O2. The van der Waals surface area contributed by atoms with Crippen LogP contribution < -0.4 is 0 Å². The molecule has 17 heavy (non-hydrogen) atoms. The van der Waals surface area contributed by atoms with Gasteiger partial charge >= 0.3 is 5.97 Å². The lowest BCUT2D eigenvalue weighted by Crippen LogP contribution is -1.99. The molecule has 0 radical (unpaired) electrons. The molecule has 2 nitrogen and oxygen atoms in total. The monoisotopic (exact) mass is 230 g/mol. The Balaban J connectivity index is 2.14. The van der Waals surface area contributed by atoms with E-state index < -0.39 is 0 Å². The second-order valence-corrected chi connectivity index (χ2v) is 3.68. The highest BCUT2D eigenvalue weighted by molar-refractivity contribution is 5.65. The molecular weight excluding hydrogens is 212 g/mol. The van der Waals surface area contributed by atoms with E-state index in [1.807, 2.05) is 30.4 Å². The Morgan fingerprint density at radius 3 is 2.71 bits per heavy atom. The largest absolute Gasteiger partial charge is 0.466 e. The van der Waals surface area contributed by atoms with Crippen molar-refractivity contribution < 1.29 is 9.53 Å². The van der Waals surface area contributed by atoms with Gasteiger partial charge in [0, 0.05) is 6.92 Å². The molecule has 1 aromatic rings. The molecule has 0 fully saturated rings. The Morgan fingerprint density at radius 1 is 1.24 bits per heavy atom. The topological polar surface area (TPSA) is 26.3 Å². The minimum atomic E-state index is -0.210. The summed E-state index contributed by atoms with van der Waals surface area (Å²) in [4.78, 5) is 10.5. The smallest absolute Gasteiger partial charge is 0.302 e.